The fourth-order valence-corrected chi connectivity index (χ4v) is 3.83. The van der Waals surface area contributed by atoms with Gasteiger partial charge in [-0.05, 0) is 30.2 Å². The number of aryl methyl sites for hydroxylation is 1. The van der Waals surface area contributed by atoms with Crippen LogP contribution in [0.2, 0.25) is 0 Å². The van der Waals surface area contributed by atoms with Gasteiger partial charge in [-0.1, -0.05) is 0 Å². The molecule has 25 heavy (non-hydrogen) atoms. The van der Waals surface area contributed by atoms with Crippen molar-refractivity contribution >= 4 is 5.91 Å². The number of nitrogens with one attached hydrogen (secondary N) is 1. The van der Waals surface area contributed by atoms with Gasteiger partial charge in [-0.2, -0.15) is 10.2 Å². The molecule has 4 rings (SSSR count). The van der Waals surface area contributed by atoms with Gasteiger partial charge in [0.1, 0.15) is 6.61 Å². The van der Waals surface area contributed by atoms with Crippen molar-refractivity contribution in [2.45, 2.75) is 31.8 Å². The van der Waals surface area contributed by atoms with Crippen LogP contribution in [0.3, 0.4) is 0 Å². The van der Waals surface area contributed by atoms with Gasteiger partial charge in [-0.3, -0.25) is 14.6 Å². The van der Waals surface area contributed by atoms with Gasteiger partial charge >= 0.3 is 0 Å². The van der Waals surface area contributed by atoms with E-state index in [2.05, 4.69) is 20.3 Å². The number of hydrogen-bond acceptors (Lipinski definition) is 5. The van der Waals surface area contributed by atoms with Crippen molar-refractivity contribution in [1.82, 2.24) is 29.9 Å². The van der Waals surface area contributed by atoms with E-state index in [0.717, 1.165) is 23.8 Å². The molecule has 2 atom stereocenters. The predicted octanol–water partition coefficient (Wildman–Crippen LogP) is 0.879. The van der Waals surface area contributed by atoms with Crippen LogP contribution in [0, 0.1) is 11.8 Å². The Morgan fingerprint density at radius 2 is 2.24 bits per heavy atom. The van der Waals surface area contributed by atoms with Crippen molar-refractivity contribution in [3.8, 4) is 0 Å². The molecule has 1 aliphatic carbocycles. The van der Waals surface area contributed by atoms with Crippen LogP contribution in [0.5, 0.6) is 0 Å². The van der Waals surface area contributed by atoms with Crippen LogP contribution in [0.15, 0.2) is 12.4 Å². The summed E-state index contributed by atoms with van der Waals surface area (Å²) in [5.74, 6) is 3.10. The molecule has 2 fully saturated rings. The molecule has 1 aliphatic heterocycles. The quantitative estimate of drug-likeness (QED) is 0.840. The summed E-state index contributed by atoms with van der Waals surface area (Å²) in [6.07, 6.45) is 6.56. The molecule has 1 amide bonds. The van der Waals surface area contributed by atoms with Crippen molar-refractivity contribution < 1.29 is 9.53 Å². The SMILES string of the molecule is COCc1nc([C@H]2CN(C(=O)Cc3cnn(C)c3)C[C@@H]2C2CC2)n[nH]1. The highest BCUT2D eigenvalue weighted by Gasteiger charge is 2.45. The van der Waals surface area contributed by atoms with Crippen molar-refractivity contribution in [3.05, 3.63) is 29.6 Å². The molecule has 0 radical (unpaired) electrons. The Labute approximate surface area is 146 Å². The zero-order valence-electron chi connectivity index (χ0n) is 14.7. The highest BCUT2D eigenvalue weighted by molar-refractivity contribution is 5.79. The van der Waals surface area contributed by atoms with Crippen LogP contribution in [-0.2, 0) is 29.6 Å². The highest BCUT2D eigenvalue weighted by Crippen LogP contribution is 2.47. The number of H-pyrrole nitrogens is 1. The third kappa shape index (κ3) is 3.44. The average Bonchev–Trinajstić information content (AvgIpc) is 2.98. The van der Waals surface area contributed by atoms with E-state index in [1.807, 2.05) is 18.1 Å². The van der Waals surface area contributed by atoms with Crippen molar-refractivity contribution in [2.24, 2.45) is 18.9 Å². The number of carbonyl (C=O) groups is 1. The van der Waals surface area contributed by atoms with Gasteiger partial charge in [-0.15, -0.1) is 0 Å². The molecule has 1 N–H and O–H groups in total. The van der Waals surface area contributed by atoms with Crippen LogP contribution < -0.4 is 0 Å². The Morgan fingerprint density at radius 1 is 1.40 bits per heavy atom. The second-order valence-corrected chi connectivity index (χ2v) is 7.18. The topological polar surface area (TPSA) is 88.9 Å². The third-order valence-electron chi connectivity index (χ3n) is 5.22. The molecule has 0 bridgehead atoms. The minimum absolute atomic E-state index is 0.161. The molecule has 1 saturated carbocycles. The van der Waals surface area contributed by atoms with E-state index in [0.29, 0.717) is 31.4 Å². The zero-order valence-corrected chi connectivity index (χ0v) is 14.7. The van der Waals surface area contributed by atoms with E-state index in [1.54, 1.807) is 18.0 Å². The number of amides is 1. The lowest BCUT2D eigenvalue weighted by Crippen LogP contribution is -2.30. The number of rotatable bonds is 6. The molecule has 1 saturated heterocycles. The molecule has 134 valence electrons. The first-order valence-corrected chi connectivity index (χ1v) is 8.79. The monoisotopic (exact) mass is 344 g/mol. The van der Waals surface area contributed by atoms with Crippen LogP contribution in [-0.4, -0.2) is 56.0 Å². The summed E-state index contributed by atoms with van der Waals surface area (Å²) in [5, 5.41) is 11.5. The second-order valence-electron chi connectivity index (χ2n) is 7.18. The smallest absolute Gasteiger partial charge is 0.227 e. The first-order valence-electron chi connectivity index (χ1n) is 8.79. The number of ether oxygens (including phenoxy) is 1. The minimum Gasteiger partial charge on any atom is -0.377 e. The Balaban J connectivity index is 1.47. The Morgan fingerprint density at radius 3 is 2.92 bits per heavy atom. The molecule has 8 heteroatoms. The lowest BCUT2D eigenvalue weighted by Gasteiger charge is -2.15. The summed E-state index contributed by atoms with van der Waals surface area (Å²) < 4.78 is 6.84. The summed E-state index contributed by atoms with van der Waals surface area (Å²) in [6.45, 7) is 1.94. The molecule has 2 aromatic heterocycles. The van der Waals surface area contributed by atoms with Crippen molar-refractivity contribution in [2.75, 3.05) is 20.2 Å². The highest BCUT2D eigenvalue weighted by atomic mass is 16.5. The lowest BCUT2D eigenvalue weighted by atomic mass is 9.91. The van der Waals surface area contributed by atoms with Crippen LogP contribution in [0.1, 0.15) is 36.0 Å². The van der Waals surface area contributed by atoms with E-state index >= 15 is 0 Å². The maximum absolute atomic E-state index is 12.7. The molecule has 2 aliphatic rings. The summed E-state index contributed by atoms with van der Waals surface area (Å²) in [5.41, 5.74) is 0.958. The first-order chi connectivity index (χ1) is 12.1. The van der Waals surface area contributed by atoms with Gasteiger partial charge in [0.25, 0.3) is 0 Å². The predicted molar refractivity (Wildman–Crippen MR) is 89.5 cm³/mol. The molecule has 0 aromatic carbocycles. The van der Waals surface area contributed by atoms with Gasteiger partial charge < -0.3 is 9.64 Å². The van der Waals surface area contributed by atoms with Crippen LogP contribution in [0.4, 0.5) is 0 Å². The maximum Gasteiger partial charge on any atom is 0.227 e. The van der Waals surface area contributed by atoms with Crippen LogP contribution in [0.25, 0.3) is 0 Å². The van der Waals surface area contributed by atoms with Crippen molar-refractivity contribution in [3.63, 3.8) is 0 Å². The van der Waals surface area contributed by atoms with E-state index in [1.165, 1.54) is 12.8 Å². The van der Waals surface area contributed by atoms with Gasteiger partial charge in [0.05, 0.1) is 12.6 Å². The van der Waals surface area contributed by atoms with Gasteiger partial charge in [0.15, 0.2) is 11.6 Å². The Bertz CT molecular complexity index is 750. The molecule has 0 spiro atoms. The van der Waals surface area contributed by atoms with E-state index < -0.39 is 0 Å². The summed E-state index contributed by atoms with van der Waals surface area (Å²) in [7, 11) is 3.51. The van der Waals surface area contributed by atoms with E-state index in [4.69, 9.17) is 4.74 Å². The third-order valence-corrected chi connectivity index (χ3v) is 5.22. The van der Waals surface area contributed by atoms with E-state index in [9.17, 15) is 4.79 Å². The summed E-state index contributed by atoms with van der Waals surface area (Å²) in [6, 6.07) is 0. The number of aromatic nitrogens is 5. The number of methoxy groups -OCH3 is 1. The largest absolute Gasteiger partial charge is 0.377 e. The molecule has 0 unspecified atom stereocenters. The number of hydrogen-bond donors (Lipinski definition) is 1. The lowest BCUT2D eigenvalue weighted by molar-refractivity contribution is -0.129. The Kier molecular flexibility index (Phi) is 4.29. The molecule has 3 heterocycles. The number of carbonyl (C=O) groups excluding carboxylic acids is 1. The summed E-state index contributed by atoms with van der Waals surface area (Å²) >= 11 is 0. The fraction of sp³-hybridized carbons (Fsp3) is 0.647. The number of aromatic amines is 1. The van der Waals surface area contributed by atoms with Gasteiger partial charge in [0, 0.05) is 39.4 Å². The van der Waals surface area contributed by atoms with Crippen LogP contribution >= 0.6 is 0 Å². The fourth-order valence-electron chi connectivity index (χ4n) is 3.83. The molecular weight excluding hydrogens is 320 g/mol. The molecular formula is C17H24N6O2. The first kappa shape index (κ1) is 16.3. The minimum atomic E-state index is 0.161. The van der Waals surface area contributed by atoms with Crippen molar-refractivity contribution in [1.29, 1.82) is 0 Å². The van der Waals surface area contributed by atoms with E-state index in [-0.39, 0.29) is 11.8 Å². The second kappa shape index (κ2) is 6.59. The maximum atomic E-state index is 12.7. The molecule has 8 nitrogen and oxygen atoms in total. The standard InChI is InChI=1S/C17H24N6O2/c1-22-7-11(6-18-22)5-16(24)23-8-13(12-3-4-12)14(9-23)17-19-15(10-25-2)20-21-17/h6-7,12-14H,3-5,8-10H2,1-2H3,(H,19,20,21)/t13-,14+/m1/s1. The number of likely N-dealkylation sites (tertiary alicyclic amines) is 1. The zero-order chi connectivity index (χ0) is 17.4. The van der Waals surface area contributed by atoms with Gasteiger partial charge in [0.2, 0.25) is 5.91 Å². The van der Waals surface area contributed by atoms with Gasteiger partial charge in [-0.25, -0.2) is 4.98 Å². The Hall–Kier alpha value is -2.22. The molecule has 2 aromatic rings. The summed E-state index contributed by atoms with van der Waals surface area (Å²) in [4.78, 5) is 19.3. The number of nitrogens with zero attached hydrogens (tertiary/aromatic N) is 5. The average molecular weight is 344 g/mol. The normalized spacial score (nSPS) is 23.4.